The van der Waals surface area contributed by atoms with E-state index in [0.29, 0.717) is 12.0 Å². The van der Waals surface area contributed by atoms with E-state index in [0.717, 1.165) is 27.2 Å². The van der Waals surface area contributed by atoms with Crippen LogP contribution in [0.5, 0.6) is 0 Å². The molecular formula is C22H18N2O4S. The first-order valence-electron chi connectivity index (χ1n) is 9.40. The van der Waals surface area contributed by atoms with E-state index in [-0.39, 0.29) is 24.7 Å². The van der Waals surface area contributed by atoms with Crippen LogP contribution in [0.1, 0.15) is 28.9 Å². The second-order valence-electron chi connectivity index (χ2n) is 7.25. The maximum absolute atomic E-state index is 13.1. The Kier molecular flexibility index (Phi) is 4.03. The SMILES string of the molecule is Cc1[nH]c2ccccc2c1C(=O)COC(=O)C12CCC(=O)N1c1ccccc1S2. The number of fused-ring (bicyclic) bond motifs is 4. The Morgan fingerprint density at radius 3 is 2.79 bits per heavy atom. The predicted octanol–water partition coefficient (Wildman–Crippen LogP) is 3.83. The molecule has 2 aliphatic heterocycles. The van der Waals surface area contributed by atoms with Gasteiger partial charge >= 0.3 is 5.97 Å². The molecule has 1 aromatic heterocycles. The third kappa shape index (κ3) is 2.61. The van der Waals surface area contributed by atoms with Crippen LogP contribution >= 0.6 is 11.8 Å². The lowest BCUT2D eigenvalue weighted by atomic mass is 10.1. The summed E-state index contributed by atoms with van der Waals surface area (Å²) in [6.07, 6.45) is 0.649. The molecule has 7 heteroatoms. The molecule has 1 N–H and O–H groups in total. The molecule has 29 heavy (non-hydrogen) atoms. The number of thioether (sulfide) groups is 1. The van der Waals surface area contributed by atoms with Gasteiger partial charge in [0, 0.05) is 39.9 Å². The Morgan fingerprint density at radius 1 is 1.17 bits per heavy atom. The standard InChI is InChI=1S/C22H18N2O4S/c1-13-20(14-6-2-3-7-15(14)23-13)17(25)12-28-21(27)22-11-10-19(26)24(22)16-8-4-5-9-18(16)29-22/h2-9,23H,10-12H2,1H3. The fourth-order valence-corrected chi connectivity index (χ4v) is 5.64. The van der Waals surface area contributed by atoms with Crippen LogP contribution in [0, 0.1) is 6.92 Å². The third-order valence-corrected chi connectivity index (χ3v) is 6.96. The van der Waals surface area contributed by atoms with Gasteiger partial charge in [-0.15, -0.1) is 0 Å². The van der Waals surface area contributed by atoms with Gasteiger partial charge in [-0.2, -0.15) is 0 Å². The van der Waals surface area contributed by atoms with Crippen LogP contribution in [-0.2, 0) is 14.3 Å². The van der Waals surface area contributed by atoms with Gasteiger partial charge in [-0.05, 0) is 25.1 Å². The molecule has 2 aliphatic rings. The summed E-state index contributed by atoms with van der Waals surface area (Å²) in [5, 5.41) is 0.810. The number of hydrogen-bond donors (Lipinski definition) is 1. The average Bonchev–Trinajstić information content (AvgIpc) is 3.35. The fraction of sp³-hybridized carbons (Fsp3) is 0.227. The Balaban J connectivity index is 1.39. The molecular weight excluding hydrogens is 388 g/mol. The van der Waals surface area contributed by atoms with Gasteiger partial charge in [0.15, 0.2) is 11.5 Å². The van der Waals surface area contributed by atoms with Gasteiger partial charge < -0.3 is 9.72 Å². The zero-order valence-electron chi connectivity index (χ0n) is 15.7. The number of ketones is 1. The van der Waals surface area contributed by atoms with E-state index in [2.05, 4.69) is 4.98 Å². The molecule has 0 radical (unpaired) electrons. The number of aryl methyl sites for hydroxylation is 1. The van der Waals surface area contributed by atoms with Crippen molar-refractivity contribution in [2.75, 3.05) is 11.5 Å². The minimum atomic E-state index is -1.11. The molecule has 146 valence electrons. The molecule has 1 fully saturated rings. The summed E-state index contributed by atoms with van der Waals surface area (Å²) in [5.74, 6) is -0.908. The van der Waals surface area contributed by atoms with Crippen molar-refractivity contribution in [1.29, 1.82) is 0 Å². The first kappa shape index (κ1) is 18.0. The molecule has 3 heterocycles. The summed E-state index contributed by atoms with van der Waals surface area (Å²) < 4.78 is 5.48. The fourth-order valence-electron chi connectivity index (χ4n) is 4.22. The molecule has 6 nitrogen and oxygen atoms in total. The number of esters is 1. The summed E-state index contributed by atoms with van der Waals surface area (Å²) in [6.45, 7) is 1.47. The number of hydrogen-bond acceptors (Lipinski definition) is 5. The summed E-state index contributed by atoms with van der Waals surface area (Å²) in [7, 11) is 0. The van der Waals surface area contributed by atoms with Crippen LogP contribution in [0.4, 0.5) is 5.69 Å². The minimum Gasteiger partial charge on any atom is -0.455 e. The van der Waals surface area contributed by atoms with Crippen molar-refractivity contribution in [2.45, 2.75) is 29.5 Å². The number of para-hydroxylation sites is 2. The lowest BCUT2D eigenvalue weighted by Crippen LogP contribution is -2.48. The van der Waals surface area contributed by atoms with Gasteiger partial charge in [0.1, 0.15) is 0 Å². The average molecular weight is 406 g/mol. The molecule has 1 atom stereocenters. The van der Waals surface area contributed by atoms with E-state index in [1.807, 2.05) is 55.5 Å². The maximum Gasteiger partial charge on any atom is 0.343 e. The summed E-state index contributed by atoms with van der Waals surface area (Å²) in [6, 6.07) is 15.0. The smallest absolute Gasteiger partial charge is 0.343 e. The van der Waals surface area contributed by atoms with Gasteiger partial charge in [0.25, 0.3) is 0 Å². The Morgan fingerprint density at radius 2 is 1.93 bits per heavy atom. The highest BCUT2D eigenvalue weighted by Crippen LogP contribution is 2.56. The van der Waals surface area contributed by atoms with Crippen LogP contribution in [0.15, 0.2) is 53.4 Å². The predicted molar refractivity (Wildman–Crippen MR) is 110 cm³/mol. The van der Waals surface area contributed by atoms with Crippen molar-refractivity contribution in [3.63, 3.8) is 0 Å². The molecule has 0 saturated carbocycles. The van der Waals surface area contributed by atoms with Gasteiger partial charge in [0.2, 0.25) is 11.7 Å². The van der Waals surface area contributed by atoms with Crippen molar-refractivity contribution < 1.29 is 19.1 Å². The Labute approximate surface area is 171 Å². The lowest BCUT2D eigenvalue weighted by molar-refractivity contribution is -0.145. The van der Waals surface area contributed by atoms with Crippen molar-refractivity contribution in [3.8, 4) is 0 Å². The van der Waals surface area contributed by atoms with Crippen molar-refractivity contribution in [1.82, 2.24) is 4.98 Å². The van der Waals surface area contributed by atoms with E-state index in [9.17, 15) is 14.4 Å². The van der Waals surface area contributed by atoms with E-state index in [1.54, 1.807) is 0 Å². The van der Waals surface area contributed by atoms with Gasteiger partial charge in [-0.1, -0.05) is 42.1 Å². The van der Waals surface area contributed by atoms with Gasteiger partial charge in [0.05, 0.1) is 5.69 Å². The van der Waals surface area contributed by atoms with E-state index >= 15 is 0 Å². The second-order valence-corrected chi connectivity index (χ2v) is 8.57. The van der Waals surface area contributed by atoms with Crippen LogP contribution in [0.3, 0.4) is 0 Å². The largest absolute Gasteiger partial charge is 0.455 e. The summed E-state index contributed by atoms with van der Waals surface area (Å²) >= 11 is 1.33. The number of carbonyl (C=O) groups excluding carboxylic acids is 3. The second kappa shape index (κ2) is 6.49. The third-order valence-electron chi connectivity index (χ3n) is 5.50. The van der Waals surface area contributed by atoms with Crippen LogP contribution < -0.4 is 4.90 Å². The number of nitrogens with one attached hydrogen (secondary N) is 1. The molecule has 0 spiro atoms. The molecule has 1 amide bonds. The number of aromatic nitrogens is 1. The topological polar surface area (TPSA) is 79.5 Å². The monoisotopic (exact) mass is 406 g/mol. The molecule has 1 saturated heterocycles. The Hall–Kier alpha value is -3.06. The quantitative estimate of drug-likeness (QED) is 0.526. The molecule has 2 aromatic carbocycles. The molecule has 1 unspecified atom stereocenters. The highest BCUT2D eigenvalue weighted by molar-refractivity contribution is 8.02. The van der Waals surface area contributed by atoms with Crippen molar-refractivity contribution in [3.05, 3.63) is 59.8 Å². The lowest BCUT2D eigenvalue weighted by Gasteiger charge is -2.28. The number of anilines is 1. The number of rotatable bonds is 4. The number of aromatic amines is 1. The first-order valence-corrected chi connectivity index (χ1v) is 10.2. The van der Waals surface area contributed by atoms with Gasteiger partial charge in [-0.3, -0.25) is 14.5 Å². The number of ether oxygens (including phenoxy) is 1. The number of nitrogens with zero attached hydrogens (tertiary/aromatic N) is 1. The molecule has 0 bridgehead atoms. The van der Waals surface area contributed by atoms with E-state index < -0.39 is 10.8 Å². The van der Waals surface area contributed by atoms with Crippen LogP contribution in [-0.4, -0.2) is 34.1 Å². The number of H-pyrrole nitrogens is 1. The van der Waals surface area contributed by atoms with E-state index in [4.69, 9.17) is 4.74 Å². The highest BCUT2D eigenvalue weighted by atomic mass is 32.2. The zero-order chi connectivity index (χ0) is 20.2. The number of Topliss-reactive ketones (excluding diaryl/α,β-unsaturated/α-hetero) is 1. The minimum absolute atomic E-state index is 0.0989. The normalized spacial score (nSPS) is 20.0. The molecule has 0 aliphatic carbocycles. The number of amides is 1. The highest BCUT2D eigenvalue weighted by Gasteiger charge is 2.58. The van der Waals surface area contributed by atoms with Crippen LogP contribution in [0.25, 0.3) is 10.9 Å². The maximum atomic E-state index is 13.1. The zero-order valence-corrected chi connectivity index (χ0v) is 16.5. The summed E-state index contributed by atoms with van der Waals surface area (Å²) in [5.41, 5.74) is 2.88. The number of carbonyl (C=O) groups is 3. The van der Waals surface area contributed by atoms with Crippen molar-refractivity contribution >= 4 is 46.0 Å². The van der Waals surface area contributed by atoms with Crippen LogP contribution in [0.2, 0.25) is 0 Å². The molecule has 5 rings (SSSR count). The van der Waals surface area contributed by atoms with Gasteiger partial charge in [-0.25, -0.2) is 4.79 Å². The molecule has 3 aromatic rings. The first-order chi connectivity index (χ1) is 14.0. The van der Waals surface area contributed by atoms with E-state index in [1.165, 1.54) is 16.7 Å². The van der Waals surface area contributed by atoms with Crippen molar-refractivity contribution in [2.24, 2.45) is 0 Å². The number of benzene rings is 2. The Bertz CT molecular complexity index is 1180. The summed E-state index contributed by atoms with van der Waals surface area (Å²) in [4.78, 5) is 42.9.